The van der Waals surface area contributed by atoms with E-state index in [9.17, 15) is 23.3 Å². The molecule has 0 saturated carbocycles. The number of benzene rings is 1. The van der Waals surface area contributed by atoms with E-state index in [0.717, 1.165) is 0 Å². The zero-order valence-electron chi connectivity index (χ0n) is 12.0. The highest BCUT2D eigenvalue weighted by molar-refractivity contribution is 7.89. The molecule has 0 fully saturated rings. The van der Waals surface area contributed by atoms with Crippen molar-refractivity contribution in [1.29, 1.82) is 0 Å². The number of rotatable bonds is 5. The molecule has 2 N–H and O–H groups in total. The third-order valence-electron chi connectivity index (χ3n) is 3.01. The number of hydrogen-bond acceptors (Lipinski definition) is 5. The summed E-state index contributed by atoms with van der Waals surface area (Å²) in [6.45, 7) is 5.52. The minimum atomic E-state index is -4.17. The van der Waals surface area contributed by atoms with Crippen molar-refractivity contribution in [3.05, 3.63) is 32.9 Å². The molecule has 0 bridgehead atoms. The fraction of sp³-hybridized carbons (Fsp3) is 0.417. The summed E-state index contributed by atoms with van der Waals surface area (Å²) >= 11 is 0. The van der Waals surface area contributed by atoms with E-state index in [2.05, 4.69) is 0 Å². The molecule has 0 heterocycles. The number of carboxylic acids is 1. The average Bonchev–Trinajstić information content (AvgIpc) is 2.25. The summed E-state index contributed by atoms with van der Waals surface area (Å²) in [6, 6.07) is 0.0552. The molecule has 0 aromatic heterocycles. The number of nitro groups is 1. The number of hydrogen-bond donors (Lipinski definition) is 2. The van der Waals surface area contributed by atoms with Gasteiger partial charge in [-0.15, -0.1) is 0 Å². The summed E-state index contributed by atoms with van der Waals surface area (Å²) < 4.78 is 26.5. The minimum Gasteiger partial charge on any atom is -0.480 e. The van der Waals surface area contributed by atoms with Gasteiger partial charge in [-0.05, 0) is 39.3 Å². The van der Waals surface area contributed by atoms with Crippen LogP contribution in [-0.2, 0) is 14.8 Å². The molecule has 0 unspecified atom stereocenters. The monoisotopic (exact) mass is 316 g/mol. The van der Waals surface area contributed by atoms with Crippen molar-refractivity contribution in [2.24, 2.45) is 0 Å². The number of sulfonamides is 1. The van der Waals surface area contributed by atoms with Crippen molar-refractivity contribution in [1.82, 2.24) is 4.72 Å². The summed E-state index contributed by atoms with van der Waals surface area (Å²) in [5.41, 5.74) is 0.368. The van der Waals surface area contributed by atoms with Gasteiger partial charge in [0.25, 0.3) is 5.69 Å². The molecule has 1 aromatic rings. The van der Waals surface area contributed by atoms with Crippen LogP contribution in [0, 0.1) is 30.9 Å². The van der Waals surface area contributed by atoms with Crippen LogP contribution in [0.2, 0.25) is 0 Å². The van der Waals surface area contributed by atoms with Gasteiger partial charge < -0.3 is 5.11 Å². The number of carboxylic acid groups (broad SMARTS) is 1. The van der Waals surface area contributed by atoms with E-state index in [0.29, 0.717) is 11.1 Å². The molecule has 0 aliphatic heterocycles. The molecule has 116 valence electrons. The van der Waals surface area contributed by atoms with Gasteiger partial charge in [0.05, 0.1) is 9.82 Å². The maximum atomic E-state index is 12.3. The van der Waals surface area contributed by atoms with Crippen LogP contribution in [0.3, 0.4) is 0 Å². The van der Waals surface area contributed by atoms with E-state index in [-0.39, 0.29) is 16.1 Å². The van der Waals surface area contributed by atoms with Gasteiger partial charge in [-0.2, -0.15) is 4.72 Å². The van der Waals surface area contributed by atoms with Crippen LogP contribution in [0.1, 0.15) is 23.6 Å². The number of aryl methyl sites for hydroxylation is 2. The van der Waals surface area contributed by atoms with Gasteiger partial charge in [0.2, 0.25) is 10.0 Å². The Hall–Kier alpha value is -2.00. The van der Waals surface area contributed by atoms with E-state index < -0.39 is 27.0 Å². The number of nitro benzene ring substituents is 1. The van der Waals surface area contributed by atoms with Crippen LogP contribution >= 0.6 is 0 Å². The van der Waals surface area contributed by atoms with Crippen molar-refractivity contribution in [3.63, 3.8) is 0 Å². The summed E-state index contributed by atoms with van der Waals surface area (Å²) in [6.07, 6.45) is 0. The standard InChI is InChI=1S/C12H16N2O6S/c1-6-5-7(2)11(8(3)10(6)14(17)18)21(19,20)13-9(4)12(15)16/h5,9,13H,1-4H3,(H,15,16)/t9-/m0/s1. The molecule has 1 aromatic carbocycles. The van der Waals surface area contributed by atoms with Crippen LogP contribution in [-0.4, -0.2) is 30.5 Å². The van der Waals surface area contributed by atoms with Crippen molar-refractivity contribution in [2.75, 3.05) is 0 Å². The lowest BCUT2D eigenvalue weighted by molar-refractivity contribution is -0.386. The van der Waals surface area contributed by atoms with Crippen molar-refractivity contribution >= 4 is 21.7 Å². The van der Waals surface area contributed by atoms with Crippen LogP contribution in [0.25, 0.3) is 0 Å². The predicted molar refractivity (Wildman–Crippen MR) is 74.7 cm³/mol. The highest BCUT2D eigenvalue weighted by atomic mass is 32.2. The van der Waals surface area contributed by atoms with Crippen LogP contribution in [0.5, 0.6) is 0 Å². The fourth-order valence-corrected chi connectivity index (χ4v) is 3.86. The van der Waals surface area contributed by atoms with Gasteiger partial charge in [-0.25, -0.2) is 8.42 Å². The molecule has 0 radical (unpaired) electrons. The lowest BCUT2D eigenvalue weighted by Crippen LogP contribution is -2.38. The molecule has 1 atom stereocenters. The van der Waals surface area contributed by atoms with Crippen molar-refractivity contribution in [2.45, 2.75) is 38.6 Å². The molecule has 0 amide bonds. The lowest BCUT2D eigenvalue weighted by atomic mass is 10.1. The van der Waals surface area contributed by atoms with Gasteiger partial charge >= 0.3 is 5.97 Å². The summed E-state index contributed by atoms with van der Waals surface area (Å²) in [7, 11) is -4.17. The van der Waals surface area contributed by atoms with E-state index >= 15 is 0 Å². The zero-order valence-corrected chi connectivity index (χ0v) is 12.8. The highest BCUT2D eigenvalue weighted by Crippen LogP contribution is 2.31. The molecule has 8 nitrogen and oxygen atoms in total. The molecule has 0 saturated heterocycles. The molecular formula is C12H16N2O6S. The topological polar surface area (TPSA) is 127 Å². The third-order valence-corrected chi connectivity index (χ3v) is 4.84. The van der Waals surface area contributed by atoms with Gasteiger partial charge in [0.15, 0.2) is 0 Å². The lowest BCUT2D eigenvalue weighted by Gasteiger charge is -2.15. The van der Waals surface area contributed by atoms with Gasteiger partial charge in [0.1, 0.15) is 6.04 Å². The van der Waals surface area contributed by atoms with E-state index in [1.165, 1.54) is 33.8 Å². The smallest absolute Gasteiger partial charge is 0.321 e. The molecule has 1 rings (SSSR count). The number of carbonyl (C=O) groups is 1. The predicted octanol–water partition coefficient (Wildman–Crippen LogP) is 1.27. The van der Waals surface area contributed by atoms with E-state index in [1.807, 2.05) is 4.72 Å². The largest absolute Gasteiger partial charge is 0.480 e. The van der Waals surface area contributed by atoms with E-state index in [1.54, 1.807) is 0 Å². The second-order valence-electron chi connectivity index (χ2n) is 4.75. The first-order chi connectivity index (χ1) is 9.49. The first-order valence-electron chi connectivity index (χ1n) is 5.99. The number of nitrogens with one attached hydrogen (secondary N) is 1. The van der Waals surface area contributed by atoms with Crippen LogP contribution < -0.4 is 4.72 Å². The Morgan fingerprint density at radius 2 is 1.86 bits per heavy atom. The van der Waals surface area contributed by atoms with Gasteiger partial charge in [-0.3, -0.25) is 14.9 Å². The Kier molecular flexibility index (Phi) is 4.69. The van der Waals surface area contributed by atoms with Gasteiger partial charge in [0, 0.05) is 11.1 Å². The minimum absolute atomic E-state index is 0.0115. The molecule has 21 heavy (non-hydrogen) atoms. The first-order valence-corrected chi connectivity index (χ1v) is 7.47. The number of aliphatic carboxylic acids is 1. The second kappa shape index (κ2) is 5.78. The third kappa shape index (κ3) is 3.37. The Labute approximate surface area is 122 Å². The summed E-state index contributed by atoms with van der Waals surface area (Å²) in [5.74, 6) is -1.34. The summed E-state index contributed by atoms with van der Waals surface area (Å²) in [4.78, 5) is 20.9. The molecule has 0 spiro atoms. The second-order valence-corrected chi connectivity index (χ2v) is 6.40. The Balaban J connectivity index is 3.53. The molecule has 0 aliphatic rings. The van der Waals surface area contributed by atoms with E-state index in [4.69, 9.17) is 5.11 Å². The molecule has 0 aliphatic carbocycles. The highest BCUT2D eigenvalue weighted by Gasteiger charge is 2.29. The maximum absolute atomic E-state index is 12.3. The molecule has 9 heteroatoms. The van der Waals surface area contributed by atoms with Crippen molar-refractivity contribution < 1.29 is 23.2 Å². The average molecular weight is 316 g/mol. The SMILES string of the molecule is Cc1cc(C)c(S(=O)(=O)N[C@@H](C)C(=O)O)c(C)c1[N+](=O)[O-]. The van der Waals surface area contributed by atoms with Gasteiger partial charge in [-0.1, -0.05) is 0 Å². The fourth-order valence-electron chi connectivity index (χ4n) is 2.19. The molecular weight excluding hydrogens is 300 g/mol. The van der Waals surface area contributed by atoms with Crippen LogP contribution in [0.15, 0.2) is 11.0 Å². The Morgan fingerprint density at radius 3 is 2.29 bits per heavy atom. The number of nitrogens with zero attached hydrogens (tertiary/aromatic N) is 1. The quantitative estimate of drug-likeness (QED) is 0.622. The van der Waals surface area contributed by atoms with Crippen molar-refractivity contribution in [3.8, 4) is 0 Å². The normalized spacial score (nSPS) is 13.0. The van der Waals surface area contributed by atoms with Crippen LogP contribution in [0.4, 0.5) is 5.69 Å². The Bertz CT molecular complexity index is 711. The summed E-state index contributed by atoms with van der Waals surface area (Å²) in [5, 5.41) is 19.8. The maximum Gasteiger partial charge on any atom is 0.321 e. The Morgan fingerprint density at radius 1 is 1.33 bits per heavy atom. The zero-order chi connectivity index (χ0) is 16.5. The first kappa shape index (κ1) is 17.1.